The van der Waals surface area contributed by atoms with Crippen LogP contribution in [-0.4, -0.2) is 32.5 Å². The summed E-state index contributed by atoms with van der Waals surface area (Å²) in [5.74, 6) is -1.74. The van der Waals surface area contributed by atoms with Gasteiger partial charge in [-0.15, -0.1) is 0 Å². The minimum atomic E-state index is -4.34. The first-order chi connectivity index (χ1) is 7.81. The molecule has 0 amide bonds. The molecule has 0 saturated heterocycles. The molecule has 0 aliphatic carbocycles. The van der Waals surface area contributed by atoms with Crippen LogP contribution in [0.5, 0.6) is 5.75 Å². The van der Waals surface area contributed by atoms with Crippen LogP contribution < -0.4 is 4.74 Å². The fourth-order valence-corrected chi connectivity index (χ4v) is 1.70. The highest BCUT2D eigenvalue weighted by Crippen LogP contribution is 2.19. The Hall–Kier alpha value is -1.34. The topological polar surface area (TPSA) is 80.7 Å². The number of hydrogen-bond acceptors (Lipinski definition) is 4. The number of hydrogen-bond donors (Lipinski definition) is 1. The van der Waals surface area contributed by atoms with Crippen molar-refractivity contribution in [3.63, 3.8) is 0 Å². The molecule has 1 N–H and O–H groups in total. The summed E-state index contributed by atoms with van der Waals surface area (Å²) in [5.41, 5.74) is 1.84. The second-order valence-electron chi connectivity index (χ2n) is 3.65. The Bertz CT molecular complexity index is 523. The summed E-state index contributed by atoms with van der Waals surface area (Å²) >= 11 is 0. The number of carbonyl (C=O) groups is 1. The smallest absolute Gasteiger partial charge is 0.329 e. The maximum absolute atomic E-state index is 11.2. The largest absolute Gasteiger partial charge is 0.425 e. The molecular weight excluding hydrogens is 243 g/mol. The van der Waals surface area contributed by atoms with E-state index < -0.39 is 21.8 Å². The number of rotatable bonds is 4. The zero-order chi connectivity index (χ0) is 13.1. The summed E-state index contributed by atoms with van der Waals surface area (Å²) in [6.45, 7) is 1.76. The van der Waals surface area contributed by atoms with E-state index in [0.29, 0.717) is 5.75 Å². The summed E-state index contributed by atoms with van der Waals surface area (Å²) in [7, 11) is -2.34. The van der Waals surface area contributed by atoms with Crippen LogP contribution in [0.25, 0.3) is 0 Å². The molecule has 0 fully saturated rings. The number of aryl methyl sites for hydroxylation is 1. The Morgan fingerprint density at radius 1 is 1.47 bits per heavy atom. The van der Waals surface area contributed by atoms with Crippen molar-refractivity contribution in [2.75, 3.05) is 5.75 Å². The molecule has 0 unspecified atom stereocenters. The summed E-state index contributed by atoms with van der Waals surface area (Å²) in [6, 6.07) is 5.26. The van der Waals surface area contributed by atoms with Crippen molar-refractivity contribution in [2.24, 2.45) is 0 Å². The molecule has 5 nitrogen and oxygen atoms in total. The standard InChI is InChI=1S/C10H13BO5S/c1-7-4-8(5-11)2-3-9(7)16-10(12)6-17(13,14)15/h2-4H,5-6,11H2,1H3,(H,13,14,15). The van der Waals surface area contributed by atoms with E-state index in [9.17, 15) is 13.2 Å². The molecule has 92 valence electrons. The van der Waals surface area contributed by atoms with Crippen molar-refractivity contribution in [1.82, 2.24) is 0 Å². The predicted molar refractivity (Wildman–Crippen MR) is 65.5 cm³/mol. The van der Waals surface area contributed by atoms with Crippen molar-refractivity contribution in [3.8, 4) is 5.75 Å². The Balaban J connectivity index is 2.79. The fraction of sp³-hybridized carbons (Fsp3) is 0.300. The van der Waals surface area contributed by atoms with Gasteiger partial charge >= 0.3 is 5.97 Å². The third-order valence-corrected chi connectivity index (χ3v) is 2.77. The zero-order valence-corrected chi connectivity index (χ0v) is 10.5. The second kappa shape index (κ2) is 5.33. The second-order valence-corrected chi connectivity index (χ2v) is 5.11. The molecule has 17 heavy (non-hydrogen) atoms. The minimum absolute atomic E-state index is 0.302. The van der Waals surface area contributed by atoms with Gasteiger partial charge in [-0.05, 0) is 18.6 Å². The summed E-state index contributed by atoms with van der Waals surface area (Å²) in [4.78, 5) is 11.2. The molecule has 0 aliphatic rings. The molecule has 0 saturated carbocycles. The Labute approximate surface area is 101 Å². The quantitative estimate of drug-likeness (QED) is 0.353. The van der Waals surface area contributed by atoms with Crippen molar-refractivity contribution in [3.05, 3.63) is 29.3 Å². The third-order valence-electron chi connectivity index (χ3n) is 2.17. The van der Waals surface area contributed by atoms with Gasteiger partial charge < -0.3 is 4.74 Å². The Morgan fingerprint density at radius 2 is 2.12 bits per heavy atom. The van der Waals surface area contributed by atoms with Crippen molar-refractivity contribution in [1.29, 1.82) is 0 Å². The van der Waals surface area contributed by atoms with Crippen LogP contribution >= 0.6 is 0 Å². The van der Waals surface area contributed by atoms with Crippen LogP contribution in [-0.2, 0) is 21.2 Å². The van der Waals surface area contributed by atoms with Crippen molar-refractivity contribution < 1.29 is 22.5 Å². The first-order valence-corrected chi connectivity index (χ1v) is 6.68. The van der Waals surface area contributed by atoms with E-state index in [0.717, 1.165) is 17.4 Å². The van der Waals surface area contributed by atoms with E-state index >= 15 is 0 Å². The maximum atomic E-state index is 11.2. The first-order valence-electron chi connectivity index (χ1n) is 5.07. The molecule has 0 atom stereocenters. The lowest BCUT2D eigenvalue weighted by Gasteiger charge is -2.07. The minimum Gasteiger partial charge on any atom is -0.425 e. The monoisotopic (exact) mass is 256 g/mol. The van der Waals surface area contributed by atoms with Gasteiger partial charge in [0, 0.05) is 0 Å². The first kappa shape index (κ1) is 13.7. The van der Waals surface area contributed by atoms with Crippen LogP contribution in [0, 0.1) is 6.92 Å². The van der Waals surface area contributed by atoms with Crippen LogP contribution in [0.3, 0.4) is 0 Å². The third kappa shape index (κ3) is 4.58. The van der Waals surface area contributed by atoms with Gasteiger partial charge in [-0.3, -0.25) is 9.35 Å². The van der Waals surface area contributed by atoms with Gasteiger partial charge in [-0.2, -0.15) is 8.42 Å². The number of benzene rings is 1. The average Bonchev–Trinajstić information content (AvgIpc) is 2.18. The lowest BCUT2D eigenvalue weighted by molar-refractivity contribution is -0.131. The average molecular weight is 256 g/mol. The molecule has 0 bridgehead atoms. The highest BCUT2D eigenvalue weighted by atomic mass is 32.2. The molecule has 0 heterocycles. The molecular formula is C10H13BO5S. The van der Waals surface area contributed by atoms with Crippen molar-refractivity contribution in [2.45, 2.75) is 13.2 Å². The highest BCUT2D eigenvalue weighted by molar-refractivity contribution is 7.86. The van der Waals surface area contributed by atoms with Crippen LogP contribution in [0.1, 0.15) is 11.1 Å². The number of ether oxygens (including phenoxy) is 1. The van der Waals surface area contributed by atoms with Gasteiger partial charge in [-0.1, -0.05) is 24.0 Å². The molecule has 0 radical (unpaired) electrons. The molecule has 0 aromatic heterocycles. The van der Waals surface area contributed by atoms with Crippen LogP contribution in [0.4, 0.5) is 0 Å². The van der Waals surface area contributed by atoms with E-state index in [2.05, 4.69) is 0 Å². The van der Waals surface area contributed by atoms with E-state index in [-0.39, 0.29) is 0 Å². The van der Waals surface area contributed by atoms with Crippen LogP contribution in [0.2, 0.25) is 0 Å². The van der Waals surface area contributed by atoms with E-state index in [1.165, 1.54) is 0 Å². The summed E-state index contributed by atoms with van der Waals surface area (Å²) in [5, 5.41) is 0. The van der Waals surface area contributed by atoms with E-state index in [1.54, 1.807) is 19.1 Å². The van der Waals surface area contributed by atoms with E-state index in [4.69, 9.17) is 9.29 Å². The normalized spacial score (nSPS) is 11.2. The lowest BCUT2D eigenvalue weighted by Crippen LogP contribution is -2.20. The molecule has 1 aromatic rings. The number of esters is 1. The summed E-state index contributed by atoms with van der Waals surface area (Å²) in [6.07, 6.45) is 0.861. The molecule has 1 rings (SSSR count). The predicted octanol–water partition coefficient (Wildman–Crippen LogP) is -0.0787. The Morgan fingerprint density at radius 3 is 2.59 bits per heavy atom. The molecule has 1 aromatic carbocycles. The molecule has 0 spiro atoms. The van der Waals surface area contributed by atoms with E-state index in [1.807, 2.05) is 13.9 Å². The zero-order valence-electron chi connectivity index (χ0n) is 9.63. The van der Waals surface area contributed by atoms with Gasteiger partial charge in [0.1, 0.15) is 13.6 Å². The summed E-state index contributed by atoms with van der Waals surface area (Å²) < 4.78 is 34.3. The van der Waals surface area contributed by atoms with Gasteiger partial charge in [0.05, 0.1) is 0 Å². The van der Waals surface area contributed by atoms with Gasteiger partial charge in [0.15, 0.2) is 5.75 Å². The van der Waals surface area contributed by atoms with Crippen LogP contribution in [0.15, 0.2) is 18.2 Å². The van der Waals surface area contributed by atoms with Gasteiger partial charge in [-0.25, -0.2) is 0 Å². The lowest BCUT2D eigenvalue weighted by atomic mass is 9.96. The highest BCUT2D eigenvalue weighted by Gasteiger charge is 2.15. The SMILES string of the molecule is BCc1ccc(OC(=O)CS(=O)(=O)O)c(C)c1. The fourth-order valence-electron chi connectivity index (χ4n) is 1.35. The molecule has 7 heteroatoms. The maximum Gasteiger partial charge on any atom is 0.329 e. The van der Waals surface area contributed by atoms with Gasteiger partial charge in [0.2, 0.25) is 0 Å². The molecule has 0 aliphatic heterocycles. The number of carbonyl (C=O) groups excluding carboxylic acids is 1. The van der Waals surface area contributed by atoms with Gasteiger partial charge in [0.25, 0.3) is 10.1 Å². The van der Waals surface area contributed by atoms with Crippen molar-refractivity contribution >= 4 is 23.9 Å². The Kier molecular flexibility index (Phi) is 4.30.